The van der Waals surface area contributed by atoms with E-state index in [1.54, 1.807) is 54.9 Å². The lowest BCUT2D eigenvalue weighted by Crippen LogP contribution is -2.18. The molecule has 8 nitrogen and oxygen atoms in total. The van der Waals surface area contributed by atoms with Crippen LogP contribution in [0.1, 0.15) is 11.3 Å². The molecule has 0 N–H and O–H groups in total. The summed E-state index contributed by atoms with van der Waals surface area (Å²) < 4.78 is 6.77. The predicted molar refractivity (Wildman–Crippen MR) is 112 cm³/mol. The largest absolute Gasteiger partial charge is 0.494 e. The zero-order chi connectivity index (χ0) is 20.6. The van der Waals surface area contributed by atoms with Crippen LogP contribution in [0.3, 0.4) is 0 Å². The molecule has 0 saturated heterocycles. The van der Waals surface area contributed by atoms with Crippen LogP contribution in [0.15, 0.2) is 71.6 Å². The smallest absolute Gasteiger partial charge is 0.203 e. The Morgan fingerprint density at radius 2 is 2.07 bits per heavy atom. The van der Waals surface area contributed by atoms with Crippen molar-refractivity contribution in [3.63, 3.8) is 0 Å². The summed E-state index contributed by atoms with van der Waals surface area (Å²) >= 11 is 0. The van der Waals surface area contributed by atoms with Crippen LogP contribution in [0.5, 0.6) is 5.75 Å². The van der Waals surface area contributed by atoms with Gasteiger partial charge in [-0.25, -0.2) is 9.97 Å². The van der Waals surface area contributed by atoms with Crippen LogP contribution in [0, 0.1) is 0 Å². The molecule has 0 bridgehead atoms. The van der Waals surface area contributed by atoms with Gasteiger partial charge in [0.05, 0.1) is 26.0 Å². The summed E-state index contributed by atoms with van der Waals surface area (Å²) in [5.74, 6) is 1.19. The molecule has 0 aliphatic rings. The van der Waals surface area contributed by atoms with Crippen molar-refractivity contribution < 1.29 is 4.74 Å². The molecule has 0 spiro atoms. The molecule has 0 unspecified atom stereocenters. The standard InChI is InChI=1S/C21H22N6O2/c1-4-26(2)24-9-11-27-10-8-20(28)19(25-27)13-16-6-5-7-17(12-16)21-22-14-18(29-3)15-23-21/h4-10,12,14-15H,1,11,13H2,2-3H3. The molecule has 0 aliphatic carbocycles. The van der Waals surface area contributed by atoms with E-state index in [1.807, 2.05) is 24.3 Å². The summed E-state index contributed by atoms with van der Waals surface area (Å²) in [4.78, 5) is 20.9. The number of hydrogen-bond acceptors (Lipinski definition) is 7. The molecule has 0 amide bonds. The van der Waals surface area contributed by atoms with E-state index in [0.29, 0.717) is 30.2 Å². The Hall–Kier alpha value is -3.81. The maximum Gasteiger partial charge on any atom is 0.203 e. The van der Waals surface area contributed by atoms with Gasteiger partial charge in [-0.05, 0) is 11.6 Å². The molecule has 2 aromatic heterocycles. The van der Waals surface area contributed by atoms with Gasteiger partial charge in [-0.15, -0.1) is 0 Å². The van der Waals surface area contributed by atoms with Crippen molar-refractivity contribution >= 4 is 6.21 Å². The van der Waals surface area contributed by atoms with Crippen molar-refractivity contribution in [2.45, 2.75) is 13.0 Å². The number of nitrogens with zero attached hydrogens (tertiary/aromatic N) is 6. The minimum absolute atomic E-state index is 0.104. The highest BCUT2D eigenvalue weighted by molar-refractivity contribution is 5.57. The molecule has 29 heavy (non-hydrogen) atoms. The van der Waals surface area contributed by atoms with Crippen molar-refractivity contribution in [2.75, 3.05) is 14.2 Å². The zero-order valence-electron chi connectivity index (χ0n) is 16.4. The van der Waals surface area contributed by atoms with Gasteiger partial charge in [-0.1, -0.05) is 24.8 Å². The fourth-order valence-corrected chi connectivity index (χ4v) is 2.59. The van der Waals surface area contributed by atoms with Gasteiger partial charge in [0, 0.05) is 43.7 Å². The van der Waals surface area contributed by atoms with Crippen molar-refractivity contribution in [1.29, 1.82) is 0 Å². The van der Waals surface area contributed by atoms with Gasteiger partial charge in [-0.2, -0.15) is 10.2 Å². The minimum atomic E-state index is -0.104. The monoisotopic (exact) mass is 390 g/mol. The Labute approximate surface area is 168 Å². The first kappa shape index (κ1) is 19.9. The number of methoxy groups -OCH3 is 1. The highest BCUT2D eigenvalue weighted by atomic mass is 16.5. The van der Waals surface area contributed by atoms with Gasteiger partial charge in [0.2, 0.25) is 5.43 Å². The third-order valence-electron chi connectivity index (χ3n) is 4.15. The molecule has 3 aromatic rings. The summed E-state index contributed by atoms with van der Waals surface area (Å²) in [6.07, 6.45) is 8.60. The van der Waals surface area contributed by atoms with Crippen molar-refractivity contribution in [2.24, 2.45) is 5.10 Å². The maximum atomic E-state index is 12.3. The second-order valence-corrected chi connectivity index (χ2v) is 6.23. The van der Waals surface area contributed by atoms with Crippen molar-refractivity contribution in [3.05, 3.63) is 83.2 Å². The first-order valence-electron chi connectivity index (χ1n) is 8.99. The second kappa shape index (κ2) is 9.41. The van der Waals surface area contributed by atoms with E-state index in [-0.39, 0.29) is 5.43 Å². The Balaban J connectivity index is 1.78. The van der Waals surface area contributed by atoms with Crippen LogP contribution in [0.25, 0.3) is 11.4 Å². The lowest BCUT2D eigenvalue weighted by atomic mass is 10.1. The Morgan fingerprint density at radius 1 is 1.28 bits per heavy atom. The molecule has 8 heteroatoms. The number of aromatic nitrogens is 4. The van der Waals surface area contributed by atoms with Gasteiger partial charge in [0.1, 0.15) is 5.69 Å². The normalized spacial score (nSPS) is 10.8. The summed E-state index contributed by atoms with van der Waals surface area (Å²) in [6, 6.07) is 9.27. The third-order valence-corrected chi connectivity index (χ3v) is 4.15. The van der Waals surface area contributed by atoms with E-state index in [9.17, 15) is 4.79 Å². The summed E-state index contributed by atoms with van der Waals surface area (Å²) in [5.41, 5.74) is 2.17. The number of ether oxygens (including phenoxy) is 1. The summed E-state index contributed by atoms with van der Waals surface area (Å²) in [7, 11) is 3.36. The van der Waals surface area contributed by atoms with Crippen molar-refractivity contribution in [1.82, 2.24) is 24.8 Å². The van der Waals surface area contributed by atoms with E-state index >= 15 is 0 Å². The lowest BCUT2D eigenvalue weighted by molar-refractivity contribution is 0.411. The lowest BCUT2D eigenvalue weighted by Gasteiger charge is -2.08. The maximum absolute atomic E-state index is 12.3. The van der Waals surface area contributed by atoms with E-state index in [0.717, 1.165) is 11.1 Å². The molecular weight excluding hydrogens is 368 g/mol. The zero-order valence-corrected chi connectivity index (χ0v) is 16.4. The van der Waals surface area contributed by atoms with Crippen LogP contribution in [-0.4, -0.2) is 45.1 Å². The fraction of sp³-hybridized carbons (Fsp3) is 0.190. The predicted octanol–water partition coefficient (Wildman–Crippen LogP) is 2.36. The Bertz CT molecular complexity index is 1060. The molecular formula is C21H22N6O2. The average Bonchev–Trinajstić information content (AvgIpc) is 2.76. The van der Waals surface area contributed by atoms with Crippen LogP contribution in [0.4, 0.5) is 0 Å². The molecule has 0 fully saturated rings. The van der Waals surface area contributed by atoms with E-state index in [1.165, 1.54) is 6.07 Å². The fourth-order valence-electron chi connectivity index (χ4n) is 2.59. The molecule has 0 saturated carbocycles. The number of hydrogen-bond donors (Lipinski definition) is 0. The third kappa shape index (κ3) is 5.35. The quantitative estimate of drug-likeness (QED) is 0.434. The Kier molecular flexibility index (Phi) is 6.47. The first-order valence-corrected chi connectivity index (χ1v) is 8.99. The highest BCUT2D eigenvalue weighted by Crippen LogP contribution is 2.18. The van der Waals surface area contributed by atoms with E-state index < -0.39 is 0 Å². The second-order valence-electron chi connectivity index (χ2n) is 6.23. The van der Waals surface area contributed by atoms with Gasteiger partial charge in [0.15, 0.2) is 11.6 Å². The first-order chi connectivity index (χ1) is 14.1. The molecule has 0 aliphatic heterocycles. The average molecular weight is 390 g/mol. The number of benzene rings is 1. The SMILES string of the molecule is C=CN(C)N=CCn1ccc(=O)c(Cc2cccc(-c3ncc(OC)cn3)c2)n1. The molecule has 148 valence electrons. The molecule has 3 rings (SSSR count). The van der Waals surface area contributed by atoms with Crippen LogP contribution >= 0.6 is 0 Å². The Morgan fingerprint density at radius 3 is 2.79 bits per heavy atom. The number of rotatable bonds is 8. The summed E-state index contributed by atoms with van der Waals surface area (Å²) in [5, 5.41) is 10.2. The minimum Gasteiger partial charge on any atom is -0.494 e. The van der Waals surface area contributed by atoms with E-state index in [4.69, 9.17) is 4.74 Å². The van der Waals surface area contributed by atoms with Crippen LogP contribution < -0.4 is 10.2 Å². The van der Waals surface area contributed by atoms with Gasteiger partial charge < -0.3 is 4.74 Å². The van der Waals surface area contributed by atoms with Crippen LogP contribution in [0.2, 0.25) is 0 Å². The van der Waals surface area contributed by atoms with Gasteiger partial charge in [0.25, 0.3) is 0 Å². The molecule has 1 aromatic carbocycles. The van der Waals surface area contributed by atoms with Gasteiger partial charge in [-0.3, -0.25) is 14.5 Å². The van der Waals surface area contributed by atoms with E-state index in [2.05, 4.69) is 26.7 Å². The summed E-state index contributed by atoms with van der Waals surface area (Å²) in [6.45, 7) is 4.08. The molecule has 2 heterocycles. The highest BCUT2D eigenvalue weighted by Gasteiger charge is 2.07. The molecule has 0 atom stereocenters. The van der Waals surface area contributed by atoms with Crippen molar-refractivity contribution in [3.8, 4) is 17.1 Å². The number of hydrazone groups is 1. The molecule has 0 radical (unpaired) electrons. The van der Waals surface area contributed by atoms with Crippen LogP contribution in [-0.2, 0) is 13.0 Å². The topological polar surface area (TPSA) is 85.5 Å². The van der Waals surface area contributed by atoms with Gasteiger partial charge >= 0.3 is 0 Å².